The van der Waals surface area contributed by atoms with Crippen LogP contribution in [-0.2, 0) is 9.47 Å². The molecule has 1 saturated heterocycles. The summed E-state index contributed by atoms with van der Waals surface area (Å²) in [4.78, 5) is 15.0. The van der Waals surface area contributed by atoms with Gasteiger partial charge in [-0.25, -0.2) is 0 Å². The molecular weight excluding hydrogens is 314 g/mol. The molecule has 1 spiro atoms. The highest BCUT2D eigenvalue weighted by Crippen LogP contribution is 2.42. The zero-order valence-electron chi connectivity index (χ0n) is 15.2. The molecule has 2 atom stereocenters. The Morgan fingerprint density at radius 1 is 1.28 bits per heavy atom. The Kier molecular flexibility index (Phi) is 4.83. The molecule has 0 N–H and O–H groups in total. The topological polar surface area (TPSA) is 38.8 Å². The Bertz CT molecular complexity index is 627. The second-order valence-corrected chi connectivity index (χ2v) is 8.02. The summed E-state index contributed by atoms with van der Waals surface area (Å²) < 4.78 is 12.3. The molecule has 3 aliphatic rings. The van der Waals surface area contributed by atoms with Gasteiger partial charge in [0, 0.05) is 24.6 Å². The smallest absolute Gasteiger partial charge is 0.254 e. The van der Waals surface area contributed by atoms with Crippen molar-refractivity contribution < 1.29 is 14.3 Å². The van der Waals surface area contributed by atoms with Gasteiger partial charge >= 0.3 is 0 Å². The van der Waals surface area contributed by atoms with E-state index in [0.29, 0.717) is 25.6 Å². The maximum absolute atomic E-state index is 13.0. The SMILES string of the molecule is Cc1ccccc1C(=O)N1CCO[C@]2(CCC[C@H]2COCC2CC2)C1. The molecule has 4 nitrogen and oxygen atoms in total. The van der Waals surface area contributed by atoms with E-state index in [1.54, 1.807) is 0 Å². The highest BCUT2D eigenvalue weighted by molar-refractivity contribution is 5.95. The van der Waals surface area contributed by atoms with Gasteiger partial charge in [0.1, 0.15) is 0 Å². The average molecular weight is 343 g/mol. The molecule has 25 heavy (non-hydrogen) atoms. The summed E-state index contributed by atoms with van der Waals surface area (Å²) >= 11 is 0. The van der Waals surface area contributed by atoms with E-state index in [1.165, 1.54) is 19.3 Å². The number of benzene rings is 1. The van der Waals surface area contributed by atoms with Crippen molar-refractivity contribution in [2.75, 3.05) is 32.9 Å². The van der Waals surface area contributed by atoms with Gasteiger partial charge in [-0.1, -0.05) is 24.6 Å². The number of carbonyl (C=O) groups is 1. The van der Waals surface area contributed by atoms with Crippen LogP contribution in [0.4, 0.5) is 0 Å². The first kappa shape index (κ1) is 17.0. The minimum Gasteiger partial charge on any atom is -0.381 e. The van der Waals surface area contributed by atoms with Gasteiger partial charge in [-0.15, -0.1) is 0 Å². The normalized spacial score (nSPS) is 29.3. The Morgan fingerprint density at radius 2 is 2.12 bits per heavy atom. The van der Waals surface area contributed by atoms with Crippen molar-refractivity contribution in [3.05, 3.63) is 35.4 Å². The quantitative estimate of drug-likeness (QED) is 0.822. The predicted octanol–water partition coefficient (Wildman–Crippen LogP) is 3.43. The van der Waals surface area contributed by atoms with Gasteiger partial charge in [0.05, 0.1) is 25.4 Å². The summed E-state index contributed by atoms with van der Waals surface area (Å²) in [5.41, 5.74) is 1.67. The lowest BCUT2D eigenvalue weighted by molar-refractivity contribution is -0.133. The number of hydrogen-bond donors (Lipinski definition) is 0. The number of carbonyl (C=O) groups excluding carboxylic acids is 1. The molecule has 0 aromatic heterocycles. The van der Waals surface area contributed by atoms with Crippen LogP contribution in [0.5, 0.6) is 0 Å². The van der Waals surface area contributed by atoms with Gasteiger partial charge in [0.15, 0.2) is 0 Å². The van der Waals surface area contributed by atoms with E-state index in [1.807, 2.05) is 36.1 Å². The maximum atomic E-state index is 13.0. The summed E-state index contributed by atoms with van der Waals surface area (Å²) in [5.74, 6) is 1.35. The highest BCUT2D eigenvalue weighted by atomic mass is 16.5. The summed E-state index contributed by atoms with van der Waals surface area (Å²) in [6.45, 7) is 5.72. The Hall–Kier alpha value is -1.39. The van der Waals surface area contributed by atoms with E-state index >= 15 is 0 Å². The molecule has 1 heterocycles. The van der Waals surface area contributed by atoms with E-state index in [9.17, 15) is 4.79 Å². The summed E-state index contributed by atoms with van der Waals surface area (Å²) in [5, 5.41) is 0. The third-order valence-electron chi connectivity index (χ3n) is 6.14. The number of ether oxygens (including phenoxy) is 2. The van der Waals surface area contributed by atoms with Crippen LogP contribution in [-0.4, -0.2) is 49.3 Å². The first-order valence-corrected chi connectivity index (χ1v) is 9.74. The molecule has 4 rings (SSSR count). The molecule has 3 fully saturated rings. The molecular formula is C21H29NO3. The van der Waals surface area contributed by atoms with Crippen molar-refractivity contribution in [3.8, 4) is 0 Å². The minimum atomic E-state index is -0.194. The van der Waals surface area contributed by atoms with E-state index < -0.39 is 0 Å². The summed E-state index contributed by atoms with van der Waals surface area (Å²) in [6.07, 6.45) is 6.01. The zero-order valence-corrected chi connectivity index (χ0v) is 15.2. The molecule has 0 unspecified atom stereocenters. The number of amides is 1. The van der Waals surface area contributed by atoms with Gasteiger partial charge in [0.25, 0.3) is 5.91 Å². The molecule has 136 valence electrons. The van der Waals surface area contributed by atoms with Crippen LogP contribution in [0, 0.1) is 18.8 Å². The lowest BCUT2D eigenvalue weighted by atomic mass is 9.89. The van der Waals surface area contributed by atoms with Crippen molar-refractivity contribution in [1.82, 2.24) is 4.90 Å². The second kappa shape index (κ2) is 7.08. The zero-order chi connectivity index (χ0) is 17.3. The van der Waals surface area contributed by atoms with Crippen LogP contribution in [0.2, 0.25) is 0 Å². The Morgan fingerprint density at radius 3 is 2.92 bits per heavy atom. The van der Waals surface area contributed by atoms with Crippen LogP contribution in [0.15, 0.2) is 24.3 Å². The van der Waals surface area contributed by atoms with E-state index in [2.05, 4.69) is 0 Å². The summed E-state index contributed by atoms with van der Waals surface area (Å²) in [6, 6.07) is 7.87. The Labute approximate surface area is 150 Å². The second-order valence-electron chi connectivity index (χ2n) is 8.02. The van der Waals surface area contributed by atoms with E-state index in [4.69, 9.17) is 9.47 Å². The van der Waals surface area contributed by atoms with Crippen molar-refractivity contribution in [2.24, 2.45) is 11.8 Å². The number of nitrogens with zero attached hydrogens (tertiary/aromatic N) is 1. The fraction of sp³-hybridized carbons (Fsp3) is 0.667. The number of rotatable bonds is 5. The van der Waals surface area contributed by atoms with Crippen LogP contribution < -0.4 is 0 Å². The average Bonchev–Trinajstić information content (AvgIpc) is 3.38. The van der Waals surface area contributed by atoms with E-state index in [-0.39, 0.29) is 11.5 Å². The van der Waals surface area contributed by atoms with Crippen molar-refractivity contribution >= 4 is 5.91 Å². The largest absolute Gasteiger partial charge is 0.381 e. The molecule has 2 aliphatic carbocycles. The molecule has 1 aliphatic heterocycles. The fourth-order valence-electron chi connectivity index (χ4n) is 4.37. The lowest BCUT2D eigenvalue weighted by Gasteiger charge is -2.44. The lowest BCUT2D eigenvalue weighted by Crippen LogP contribution is -2.56. The molecule has 1 aromatic rings. The Balaban J connectivity index is 1.43. The van der Waals surface area contributed by atoms with Gasteiger partial charge in [-0.2, -0.15) is 0 Å². The molecule has 2 saturated carbocycles. The first-order valence-electron chi connectivity index (χ1n) is 9.74. The van der Waals surface area contributed by atoms with Crippen molar-refractivity contribution in [3.63, 3.8) is 0 Å². The van der Waals surface area contributed by atoms with Crippen molar-refractivity contribution in [2.45, 2.75) is 44.6 Å². The predicted molar refractivity (Wildman–Crippen MR) is 96.6 cm³/mol. The minimum absolute atomic E-state index is 0.144. The van der Waals surface area contributed by atoms with Gasteiger partial charge in [-0.05, 0) is 50.2 Å². The molecule has 4 heteroatoms. The first-order chi connectivity index (χ1) is 12.2. The third-order valence-corrected chi connectivity index (χ3v) is 6.14. The number of aryl methyl sites for hydroxylation is 1. The number of hydrogen-bond acceptors (Lipinski definition) is 3. The van der Waals surface area contributed by atoms with Gasteiger partial charge in [0.2, 0.25) is 0 Å². The molecule has 1 aromatic carbocycles. The number of morpholine rings is 1. The van der Waals surface area contributed by atoms with E-state index in [0.717, 1.165) is 43.1 Å². The van der Waals surface area contributed by atoms with Crippen LogP contribution in [0.25, 0.3) is 0 Å². The third kappa shape index (κ3) is 3.61. The fourth-order valence-corrected chi connectivity index (χ4v) is 4.37. The standard InChI is InChI=1S/C21H29NO3/c1-16-5-2-3-7-19(16)20(23)22-11-12-25-21(15-22)10-4-6-18(21)14-24-13-17-8-9-17/h2-3,5,7,17-18H,4,6,8-15H2,1H3/t18-,21+/m0/s1. The monoisotopic (exact) mass is 343 g/mol. The molecule has 0 bridgehead atoms. The van der Waals surface area contributed by atoms with Gasteiger partial charge < -0.3 is 14.4 Å². The van der Waals surface area contributed by atoms with Crippen LogP contribution >= 0.6 is 0 Å². The highest BCUT2D eigenvalue weighted by Gasteiger charge is 2.48. The van der Waals surface area contributed by atoms with Gasteiger partial charge in [-0.3, -0.25) is 4.79 Å². The molecule has 1 amide bonds. The van der Waals surface area contributed by atoms with Crippen molar-refractivity contribution in [1.29, 1.82) is 0 Å². The molecule has 0 radical (unpaired) electrons. The maximum Gasteiger partial charge on any atom is 0.254 e. The summed E-state index contributed by atoms with van der Waals surface area (Å²) in [7, 11) is 0. The van der Waals surface area contributed by atoms with Crippen LogP contribution in [0.1, 0.15) is 48.0 Å². The van der Waals surface area contributed by atoms with Crippen LogP contribution in [0.3, 0.4) is 0 Å².